The highest BCUT2D eigenvalue weighted by Gasteiger charge is 2.48. The molecule has 0 radical (unpaired) electrons. The molecule has 30 heavy (non-hydrogen) atoms. The number of halogens is 1. The van der Waals surface area contributed by atoms with E-state index in [0.29, 0.717) is 5.92 Å². The number of methoxy groups -OCH3 is 1. The second kappa shape index (κ2) is 7.21. The highest BCUT2D eigenvalue weighted by atomic mass is 35.5. The molecule has 2 unspecified atom stereocenters. The summed E-state index contributed by atoms with van der Waals surface area (Å²) in [6.07, 6.45) is 4.18. The zero-order chi connectivity index (χ0) is 20.9. The molecule has 0 bridgehead atoms. The smallest absolute Gasteiger partial charge is 0.245 e. The van der Waals surface area contributed by atoms with Crippen molar-refractivity contribution in [3.63, 3.8) is 0 Å². The number of amides is 1. The molecule has 5 rings (SSSR count). The lowest BCUT2D eigenvalue weighted by Crippen LogP contribution is -2.54. The molecule has 2 aromatic carbocycles. The van der Waals surface area contributed by atoms with Crippen molar-refractivity contribution in [3.8, 4) is 5.75 Å². The Morgan fingerprint density at radius 2 is 2.20 bits per heavy atom. The molecule has 3 aromatic rings. The number of piperidine rings is 1. The van der Waals surface area contributed by atoms with Gasteiger partial charge in [-0.3, -0.25) is 4.79 Å². The maximum Gasteiger partial charge on any atom is 0.245 e. The van der Waals surface area contributed by atoms with E-state index in [1.54, 1.807) is 7.11 Å². The summed E-state index contributed by atoms with van der Waals surface area (Å²) >= 11 is 6.30. The summed E-state index contributed by atoms with van der Waals surface area (Å²) in [4.78, 5) is 18.0. The lowest BCUT2D eigenvalue weighted by Gasteiger charge is -2.51. The van der Waals surface area contributed by atoms with Crippen molar-refractivity contribution < 1.29 is 9.53 Å². The Morgan fingerprint density at radius 1 is 1.33 bits per heavy atom. The van der Waals surface area contributed by atoms with Gasteiger partial charge < -0.3 is 14.6 Å². The molecule has 1 N–H and O–H groups in total. The number of aromatic nitrogens is 1. The first kappa shape index (κ1) is 19.3. The monoisotopic (exact) mass is 420 g/mol. The fourth-order valence-electron chi connectivity index (χ4n) is 5.53. The van der Waals surface area contributed by atoms with Crippen molar-refractivity contribution in [2.75, 3.05) is 20.2 Å². The lowest BCUT2D eigenvalue weighted by atomic mass is 9.58. The molecule has 5 heteroatoms. The summed E-state index contributed by atoms with van der Waals surface area (Å²) in [5, 5.41) is 1.95. The van der Waals surface area contributed by atoms with Gasteiger partial charge in [-0.05, 0) is 72.7 Å². The molecular formula is C25H25ClN2O2. The summed E-state index contributed by atoms with van der Waals surface area (Å²) in [6.45, 7) is 5.16. The van der Waals surface area contributed by atoms with Gasteiger partial charge in [-0.1, -0.05) is 30.3 Å². The topological polar surface area (TPSA) is 45.3 Å². The van der Waals surface area contributed by atoms with E-state index >= 15 is 0 Å². The second-order valence-electron chi connectivity index (χ2n) is 8.48. The van der Waals surface area contributed by atoms with Crippen molar-refractivity contribution in [1.82, 2.24) is 9.88 Å². The number of carbonyl (C=O) groups excluding carboxylic acids is 1. The van der Waals surface area contributed by atoms with Crippen molar-refractivity contribution in [3.05, 3.63) is 77.0 Å². The van der Waals surface area contributed by atoms with Crippen LogP contribution in [-0.4, -0.2) is 36.0 Å². The van der Waals surface area contributed by atoms with Crippen LogP contribution in [0, 0.1) is 5.92 Å². The third-order valence-electron chi connectivity index (χ3n) is 7.08. The molecular weight excluding hydrogens is 396 g/mol. The van der Waals surface area contributed by atoms with Gasteiger partial charge in [0.2, 0.25) is 5.91 Å². The number of hydrogen-bond acceptors (Lipinski definition) is 2. The molecule has 154 valence electrons. The predicted molar refractivity (Wildman–Crippen MR) is 120 cm³/mol. The van der Waals surface area contributed by atoms with Gasteiger partial charge in [-0.25, -0.2) is 0 Å². The summed E-state index contributed by atoms with van der Waals surface area (Å²) in [6, 6.07) is 14.5. The first-order valence-corrected chi connectivity index (χ1v) is 10.8. The molecule has 1 aliphatic carbocycles. The molecule has 2 heterocycles. The Labute approximate surface area is 181 Å². The van der Waals surface area contributed by atoms with Crippen LogP contribution in [0.5, 0.6) is 5.75 Å². The van der Waals surface area contributed by atoms with Gasteiger partial charge in [0, 0.05) is 40.1 Å². The average Bonchev–Trinajstić information content (AvgIpc) is 3.12. The van der Waals surface area contributed by atoms with E-state index in [1.807, 2.05) is 17.0 Å². The SMILES string of the molecule is C=CC(=O)N1CCC2(c3cccc(OC)c3)Cc3[nH]c4ccc(Cl)cc4c3CC2C1. The first-order chi connectivity index (χ1) is 14.5. The summed E-state index contributed by atoms with van der Waals surface area (Å²) in [5.74, 6) is 1.20. The average molecular weight is 421 g/mol. The van der Waals surface area contributed by atoms with Crippen LogP contribution in [0.15, 0.2) is 55.1 Å². The Balaban J connectivity index is 1.64. The van der Waals surface area contributed by atoms with E-state index in [1.165, 1.54) is 28.3 Å². The number of nitrogens with zero attached hydrogens (tertiary/aromatic N) is 1. The van der Waals surface area contributed by atoms with E-state index in [9.17, 15) is 4.79 Å². The molecule has 4 nitrogen and oxygen atoms in total. The van der Waals surface area contributed by atoms with E-state index < -0.39 is 0 Å². The van der Waals surface area contributed by atoms with Gasteiger partial charge in [0.05, 0.1) is 7.11 Å². The summed E-state index contributed by atoms with van der Waals surface area (Å²) in [5.41, 5.74) is 5.01. The molecule has 2 atom stereocenters. The maximum atomic E-state index is 12.4. The molecule has 1 fully saturated rings. The summed E-state index contributed by atoms with van der Waals surface area (Å²) in [7, 11) is 1.71. The number of fused-ring (bicyclic) bond motifs is 4. The van der Waals surface area contributed by atoms with Crippen molar-refractivity contribution >= 4 is 28.4 Å². The minimum absolute atomic E-state index is 0.0158. The van der Waals surface area contributed by atoms with E-state index in [4.69, 9.17) is 16.3 Å². The number of likely N-dealkylation sites (tertiary alicyclic amines) is 1. The lowest BCUT2D eigenvalue weighted by molar-refractivity contribution is -0.129. The Bertz CT molecular complexity index is 1150. The Hall–Kier alpha value is -2.72. The van der Waals surface area contributed by atoms with Gasteiger partial charge in [0.15, 0.2) is 0 Å². The number of H-pyrrole nitrogens is 1. The molecule has 1 saturated heterocycles. The molecule has 1 aromatic heterocycles. The molecule has 0 spiro atoms. The van der Waals surface area contributed by atoms with Crippen LogP contribution in [0.25, 0.3) is 10.9 Å². The zero-order valence-corrected chi connectivity index (χ0v) is 17.8. The molecule has 0 saturated carbocycles. The highest BCUT2D eigenvalue weighted by molar-refractivity contribution is 6.31. The second-order valence-corrected chi connectivity index (χ2v) is 8.91. The van der Waals surface area contributed by atoms with Crippen LogP contribution in [0.1, 0.15) is 23.2 Å². The van der Waals surface area contributed by atoms with Gasteiger partial charge in [-0.2, -0.15) is 0 Å². The molecule has 2 aliphatic rings. The van der Waals surface area contributed by atoms with Crippen LogP contribution in [-0.2, 0) is 23.1 Å². The van der Waals surface area contributed by atoms with Gasteiger partial charge in [0.25, 0.3) is 0 Å². The highest BCUT2D eigenvalue weighted by Crippen LogP contribution is 2.49. The van der Waals surface area contributed by atoms with Crippen LogP contribution in [0.4, 0.5) is 0 Å². The minimum atomic E-state index is -0.0375. The van der Waals surface area contributed by atoms with Crippen LogP contribution >= 0.6 is 11.6 Å². The number of carbonyl (C=O) groups is 1. The van der Waals surface area contributed by atoms with Gasteiger partial charge >= 0.3 is 0 Å². The number of benzene rings is 2. The molecule has 1 amide bonds. The third-order valence-corrected chi connectivity index (χ3v) is 7.32. The molecule has 1 aliphatic heterocycles. The first-order valence-electron chi connectivity index (χ1n) is 10.4. The fraction of sp³-hybridized carbons (Fsp3) is 0.320. The number of rotatable bonds is 3. The normalized spacial score (nSPS) is 23.0. The maximum absolute atomic E-state index is 12.4. The standard InChI is InChI=1S/C25H25ClN2O2/c1-3-24(29)28-10-9-25(16-5-4-6-19(11-16)30-2)14-23-20(12-17(25)15-28)21-13-18(26)7-8-22(21)27-23/h3-8,11,13,17,27H,1,9-10,12,14-15H2,2H3. The van der Waals surface area contributed by atoms with E-state index in [0.717, 1.165) is 48.6 Å². The summed E-state index contributed by atoms with van der Waals surface area (Å²) < 4.78 is 5.53. The van der Waals surface area contributed by atoms with Crippen LogP contribution in [0.2, 0.25) is 5.02 Å². The number of ether oxygens (including phenoxy) is 1. The van der Waals surface area contributed by atoms with E-state index in [2.05, 4.69) is 41.9 Å². The van der Waals surface area contributed by atoms with Crippen molar-refractivity contribution in [2.45, 2.75) is 24.7 Å². The quantitative estimate of drug-likeness (QED) is 0.612. The van der Waals surface area contributed by atoms with E-state index in [-0.39, 0.29) is 11.3 Å². The third kappa shape index (κ3) is 2.93. The predicted octanol–water partition coefficient (Wildman–Crippen LogP) is 4.90. The number of hydrogen-bond donors (Lipinski definition) is 1. The van der Waals surface area contributed by atoms with Crippen molar-refractivity contribution in [1.29, 1.82) is 0 Å². The van der Waals surface area contributed by atoms with Crippen LogP contribution < -0.4 is 4.74 Å². The number of aromatic amines is 1. The fourth-order valence-corrected chi connectivity index (χ4v) is 5.70. The Kier molecular flexibility index (Phi) is 4.62. The Morgan fingerprint density at radius 3 is 3.00 bits per heavy atom. The minimum Gasteiger partial charge on any atom is -0.497 e. The number of nitrogens with one attached hydrogen (secondary N) is 1. The van der Waals surface area contributed by atoms with Gasteiger partial charge in [0.1, 0.15) is 5.75 Å². The largest absolute Gasteiger partial charge is 0.497 e. The zero-order valence-electron chi connectivity index (χ0n) is 17.1. The van der Waals surface area contributed by atoms with Gasteiger partial charge in [-0.15, -0.1) is 0 Å². The van der Waals surface area contributed by atoms with Crippen molar-refractivity contribution in [2.24, 2.45) is 5.92 Å². The van der Waals surface area contributed by atoms with Crippen LogP contribution in [0.3, 0.4) is 0 Å².